The molecule has 4 aromatic rings. The number of hydrogen-bond donors (Lipinski definition) is 1. The molecule has 10 nitrogen and oxygen atoms in total. The highest BCUT2D eigenvalue weighted by Gasteiger charge is 2.34. The van der Waals surface area contributed by atoms with Gasteiger partial charge in [0.15, 0.2) is 0 Å². The maximum absolute atomic E-state index is 13.3. The third-order valence-corrected chi connectivity index (χ3v) is 5.41. The number of aryl methyl sites for hydroxylation is 1. The molecule has 14 heteroatoms. The van der Waals surface area contributed by atoms with Gasteiger partial charge in [0, 0.05) is 12.5 Å². The predicted octanol–water partition coefficient (Wildman–Crippen LogP) is 4.13. The van der Waals surface area contributed by atoms with Gasteiger partial charge in [0.1, 0.15) is 0 Å². The van der Waals surface area contributed by atoms with Gasteiger partial charge in [-0.1, -0.05) is 23.7 Å². The van der Waals surface area contributed by atoms with Gasteiger partial charge in [0.25, 0.3) is 5.56 Å². The lowest BCUT2D eigenvalue weighted by atomic mass is 10.1. The van der Waals surface area contributed by atoms with Crippen LogP contribution in [0.4, 0.5) is 18.0 Å². The largest absolute Gasteiger partial charge is 0.511 e. The number of nitrogens with zero attached hydrogens (tertiary/aromatic N) is 4. The van der Waals surface area contributed by atoms with Gasteiger partial charge in [0.2, 0.25) is 17.5 Å². The maximum atomic E-state index is 13.3. The second-order valence-corrected chi connectivity index (χ2v) is 7.73. The van der Waals surface area contributed by atoms with Crippen LogP contribution in [0.25, 0.3) is 17.1 Å². The lowest BCUT2D eigenvalue weighted by Gasteiger charge is -2.15. The van der Waals surface area contributed by atoms with Crippen molar-refractivity contribution in [2.75, 3.05) is 0 Å². The lowest BCUT2D eigenvalue weighted by Crippen LogP contribution is -2.40. The van der Waals surface area contributed by atoms with Crippen molar-refractivity contribution in [3.8, 4) is 22.9 Å². The Balaban J connectivity index is 1.83. The molecule has 0 saturated carbocycles. The second-order valence-electron chi connectivity index (χ2n) is 7.35. The fourth-order valence-corrected chi connectivity index (χ4v) is 3.63. The van der Waals surface area contributed by atoms with Crippen LogP contribution in [0, 0.1) is 6.92 Å². The first-order valence-electron chi connectivity index (χ1n) is 9.98. The minimum Gasteiger partial charge on any atom is -0.449 e. The number of carboxylic acid groups (broad SMARTS) is 1. The Bertz CT molecular complexity index is 1570. The van der Waals surface area contributed by atoms with E-state index in [0.717, 1.165) is 22.9 Å². The summed E-state index contributed by atoms with van der Waals surface area (Å²) in [4.78, 5) is 37.1. The summed E-state index contributed by atoms with van der Waals surface area (Å²) in [7, 11) is 0. The molecule has 0 atom stereocenters. The average molecular weight is 523 g/mol. The van der Waals surface area contributed by atoms with E-state index in [4.69, 9.17) is 21.1 Å². The molecular formula is C22H14ClF3N4O6. The van der Waals surface area contributed by atoms with Crippen LogP contribution in [0.3, 0.4) is 0 Å². The number of rotatable bonds is 5. The van der Waals surface area contributed by atoms with Crippen LogP contribution in [-0.2, 0) is 12.7 Å². The summed E-state index contributed by atoms with van der Waals surface area (Å²) >= 11 is 5.92. The van der Waals surface area contributed by atoms with E-state index in [1.807, 2.05) is 0 Å². The summed E-state index contributed by atoms with van der Waals surface area (Å²) in [6.45, 7) is 0.922. The minimum atomic E-state index is -4.77. The molecule has 1 N–H and O–H groups in total. The van der Waals surface area contributed by atoms with Gasteiger partial charge in [-0.15, -0.1) is 10.2 Å². The van der Waals surface area contributed by atoms with E-state index in [0.29, 0.717) is 16.0 Å². The molecule has 0 saturated heterocycles. The molecule has 2 heterocycles. The molecule has 186 valence electrons. The normalized spacial score (nSPS) is 11.5. The Hall–Kier alpha value is -4.39. The average Bonchev–Trinajstić information content (AvgIpc) is 3.25. The SMILES string of the molecule is Cc1nnc(-c2ccc(-n3cc(OC(=O)O)c(=O)n(Cc4cccc(C(F)(F)F)c4Cl)c3=O)cc2)o1. The Labute approximate surface area is 203 Å². The predicted molar refractivity (Wildman–Crippen MR) is 119 cm³/mol. The van der Waals surface area contributed by atoms with Crippen molar-refractivity contribution in [1.29, 1.82) is 0 Å². The molecule has 0 bridgehead atoms. The first-order chi connectivity index (χ1) is 17.0. The van der Waals surface area contributed by atoms with Crippen molar-refractivity contribution >= 4 is 17.8 Å². The lowest BCUT2D eigenvalue weighted by molar-refractivity contribution is -0.137. The Kier molecular flexibility index (Phi) is 6.41. The molecule has 0 spiro atoms. The molecule has 0 amide bonds. The smallest absolute Gasteiger partial charge is 0.449 e. The number of alkyl halides is 3. The number of halogens is 4. The highest BCUT2D eigenvalue weighted by atomic mass is 35.5. The van der Waals surface area contributed by atoms with Gasteiger partial charge in [-0.3, -0.25) is 13.9 Å². The zero-order chi connectivity index (χ0) is 26.2. The summed E-state index contributed by atoms with van der Waals surface area (Å²) in [5.41, 5.74) is -2.80. The topological polar surface area (TPSA) is 129 Å². The highest BCUT2D eigenvalue weighted by molar-refractivity contribution is 6.32. The molecule has 2 aromatic carbocycles. The molecule has 36 heavy (non-hydrogen) atoms. The van der Waals surface area contributed by atoms with E-state index in [-0.39, 0.29) is 17.1 Å². The number of ether oxygens (including phenoxy) is 1. The number of aromatic nitrogens is 4. The van der Waals surface area contributed by atoms with Crippen molar-refractivity contribution in [2.45, 2.75) is 19.6 Å². The van der Waals surface area contributed by atoms with Crippen LogP contribution in [0.2, 0.25) is 5.02 Å². The molecule has 0 unspecified atom stereocenters. The Morgan fingerprint density at radius 1 is 1.14 bits per heavy atom. The van der Waals surface area contributed by atoms with Crippen LogP contribution >= 0.6 is 11.6 Å². The van der Waals surface area contributed by atoms with Gasteiger partial charge >= 0.3 is 18.0 Å². The quantitative estimate of drug-likeness (QED) is 0.387. The number of hydrogen-bond acceptors (Lipinski definition) is 7. The Morgan fingerprint density at radius 3 is 2.42 bits per heavy atom. The highest BCUT2D eigenvalue weighted by Crippen LogP contribution is 2.36. The fraction of sp³-hybridized carbons (Fsp3) is 0.136. The second kappa shape index (κ2) is 9.34. The summed E-state index contributed by atoms with van der Waals surface area (Å²) in [6, 6.07) is 9.00. The zero-order valence-corrected chi connectivity index (χ0v) is 18.9. The molecule has 0 aliphatic rings. The molecule has 0 aliphatic heterocycles. The van der Waals surface area contributed by atoms with Crippen LogP contribution in [0.5, 0.6) is 5.75 Å². The zero-order valence-electron chi connectivity index (χ0n) is 18.1. The molecule has 4 rings (SSSR count). The van der Waals surface area contributed by atoms with Gasteiger partial charge in [-0.2, -0.15) is 13.2 Å². The molecule has 0 radical (unpaired) electrons. The van der Waals surface area contributed by atoms with Crippen molar-refractivity contribution in [1.82, 2.24) is 19.3 Å². The van der Waals surface area contributed by atoms with E-state index >= 15 is 0 Å². The van der Waals surface area contributed by atoms with Crippen molar-refractivity contribution in [3.63, 3.8) is 0 Å². The van der Waals surface area contributed by atoms with Crippen molar-refractivity contribution in [2.24, 2.45) is 0 Å². The van der Waals surface area contributed by atoms with Gasteiger partial charge in [-0.25, -0.2) is 9.59 Å². The van der Waals surface area contributed by atoms with Crippen LogP contribution in [-0.4, -0.2) is 30.6 Å². The first-order valence-corrected chi connectivity index (χ1v) is 10.4. The van der Waals surface area contributed by atoms with E-state index in [1.54, 1.807) is 6.92 Å². The standard InChI is InChI=1S/C22H14ClF3N4O6/c1-11-27-28-18(35-11)12-5-7-14(8-6-12)29-10-16(36-21(33)34)19(31)30(20(29)32)9-13-3-2-4-15(17(13)23)22(24,25)26/h2-8,10H,9H2,1H3,(H,33,34). The molecule has 0 fully saturated rings. The van der Waals surface area contributed by atoms with E-state index in [2.05, 4.69) is 14.9 Å². The summed E-state index contributed by atoms with van der Waals surface area (Å²) in [6.07, 6.45) is -5.73. The summed E-state index contributed by atoms with van der Waals surface area (Å²) in [5.74, 6) is -0.201. The van der Waals surface area contributed by atoms with Crippen molar-refractivity contribution in [3.05, 3.63) is 91.5 Å². The fourth-order valence-electron chi connectivity index (χ4n) is 3.34. The first kappa shape index (κ1) is 24.7. The molecule has 0 aliphatic carbocycles. The monoisotopic (exact) mass is 522 g/mol. The van der Waals surface area contributed by atoms with Crippen LogP contribution < -0.4 is 16.0 Å². The van der Waals surface area contributed by atoms with Gasteiger partial charge in [-0.05, 0) is 35.9 Å². The summed E-state index contributed by atoms with van der Waals surface area (Å²) < 4.78 is 51.1. The van der Waals surface area contributed by atoms with E-state index in [9.17, 15) is 27.6 Å². The number of benzene rings is 2. The van der Waals surface area contributed by atoms with Crippen LogP contribution in [0.1, 0.15) is 17.0 Å². The van der Waals surface area contributed by atoms with E-state index < -0.39 is 46.5 Å². The van der Waals surface area contributed by atoms with Crippen molar-refractivity contribution < 1.29 is 32.2 Å². The molecular weight excluding hydrogens is 509 g/mol. The Morgan fingerprint density at radius 2 is 1.83 bits per heavy atom. The molecule has 2 aromatic heterocycles. The number of carbonyl (C=O) groups is 1. The van der Waals surface area contributed by atoms with Gasteiger partial charge < -0.3 is 14.3 Å². The van der Waals surface area contributed by atoms with Crippen LogP contribution in [0.15, 0.2) is 62.7 Å². The van der Waals surface area contributed by atoms with Gasteiger partial charge in [0.05, 0.1) is 29.0 Å². The third kappa shape index (κ3) is 4.86. The maximum Gasteiger partial charge on any atom is 0.511 e. The summed E-state index contributed by atoms with van der Waals surface area (Å²) in [5, 5.41) is 15.9. The third-order valence-electron chi connectivity index (χ3n) is 4.97. The van der Waals surface area contributed by atoms with E-state index in [1.165, 1.54) is 30.3 Å². The minimum absolute atomic E-state index is 0.180.